The molecule has 0 radical (unpaired) electrons. The Hall–Kier alpha value is -2.67. The quantitative estimate of drug-likeness (QED) is 0.714. The van der Waals surface area contributed by atoms with Crippen molar-refractivity contribution in [2.45, 2.75) is 41.2 Å². The van der Waals surface area contributed by atoms with Gasteiger partial charge in [-0.3, -0.25) is 10.1 Å². The summed E-state index contributed by atoms with van der Waals surface area (Å²) in [7, 11) is 0. The molecule has 6 nitrogen and oxygen atoms in total. The number of amides is 1. The first kappa shape index (κ1) is 18.1. The van der Waals surface area contributed by atoms with Gasteiger partial charge < -0.3 is 9.26 Å². The number of benzene rings is 1. The number of thiazole rings is 1. The highest BCUT2D eigenvalue weighted by Crippen LogP contribution is 2.24. The van der Waals surface area contributed by atoms with Crippen LogP contribution in [0, 0.1) is 34.6 Å². The van der Waals surface area contributed by atoms with Gasteiger partial charge in [0.25, 0.3) is 5.91 Å². The molecule has 0 bridgehead atoms. The van der Waals surface area contributed by atoms with Gasteiger partial charge in [-0.15, -0.1) is 11.3 Å². The van der Waals surface area contributed by atoms with E-state index in [9.17, 15) is 4.79 Å². The van der Waals surface area contributed by atoms with Crippen molar-refractivity contribution in [3.8, 4) is 5.75 Å². The Morgan fingerprint density at radius 1 is 1.15 bits per heavy atom. The van der Waals surface area contributed by atoms with Gasteiger partial charge in [0.1, 0.15) is 18.1 Å². The van der Waals surface area contributed by atoms with Gasteiger partial charge in [0, 0.05) is 4.88 Å². The van der Waals surface area contributed by atoms with Crippen molar-refractivity contribution in [2.24, 2.45) is 0 Å². The van der Waals surface area contributed by atoms with Crippen LogP contribution < -0.4 is 10.1 Å². The van der Waals surface area contributed by atoms with Gasteiger partial charge in [-0.05, 0) is 57.9 Å². The SMILES string of the molecule is Cc1cc(C)cc(OCc2c(C(=O)Nc3nc(C)c(C)s3)noc2C)c1. The summed E-state index contributed by atoms with van der Waals surface area (Å²) in [6.07, 6.45) is 0. The number of hydrogen-bond donors (Lipinski definition) is 1. The zero-order valence-corrected chi connectivity index (χ0v) is 16.3. The maximum Gasteiger partial charge on any atom is 0.280 e. The van der Waals surface area contributed by atoms with Crippen LogP contribution in [0.1, 0.15) is 43.5 Å². The molecular weight excluding hydrogens is 350 g/mol. The number of carbonyl (C=O) groups is 1. The maximum absolute atomic E-state index is 12.6. The van der Waals surface area contributed by atoms with Crippen molar-refractivity contribution in [2.75, 3.05) is 5.32 Å². The summed E-state index contributed by atoms with van der Waals surface area (Å²) in [5.41, 5.74) is 3.99. The molecule has 0 saturated carbocycles. The average Bonchev–Trinajstić information content (AvgIpc) is 3.07. The number of rotatable bonds is 5. The van der Waals surface area contributed by atoms with E-state index < -0.39 is 0 Å². The van der Waals surface area contributed by atoms with E-state index in [2.05, 4.69) is 21.5 Å². The smallest absolute Gasteiger partial charge is 0.280 e. The van der Waals surface area contributed by atoms with Crippen LogP contribution in [0.3, 0.4) is 0 Å². The molecule has 0 aliphatic heterocycles. The molecule has 0 saturated heterocycles. The summed E-state index contributed by atoms with van der Waals surface area (Å²) < 4.78 is 11.1. The lowest BCUT2D eigenvalue weighted by molar-refractivity contribution is 0.101. The molecule has 7 heteroatoms. The summed E-state index contributed by atoms with van der Waals surface area (Å²) >= 11 is 1.43. The van der Waals surface area contributed by atoms with Crippen LogP contribution in [0.5, 0.6) is 5.75 Å². The zero-order valence-electron chi connectivity index (χ0n) is 15.5. The lowest BCUT2D eigenvalue weighted by atomic mass is 10.1. The number of ether oxygens (including phenoxy) is 1. The van der Waals surface area contributed by atoms with Gasteiger partial charge >= 0.3 is 0 Å². The predicted octanol–water partition coefficient (Wildman–Crippen LogP) is 4.50. The lowest BCUT2D eigenvalue weighted by Gasteiger charge is -2.08. The monoisotopic (exact) mass is 371 g/mol. The van der Waals surface area contributed by atoms with Crippen LogP contribution in [0.25, 0.3) is 0 Å². The third-order valence-electron chi connectivity index (χ3n) is 4.03. The second kappa shape index (κ2) is 7.29. The number of aryl methyl sites for hydroxylation is 5. The standard InChI is InChI=1S/C19H21N3O3S/c1-10-6-11(2)8-15(7-10)24-9-16-13(4)25-22-17(16)18(23)21-19-20-12(3)14(5)26-19/h6-8H,9H2,1-5H3,(H,20,21,23). The number of aromatic nitrogens is 2. The molecule has 0 aliphatic carbocycles. The molecule has 2 aromatic heterocycles. The van der Waals surface area contributed by atoms with Gasteiger partial charge in [-0.1, -0.05) is 11.2 Å². The van der Waals surface area contributed by atoms with Crippen LogP contribution >= 0.6 is 11.3 Å². The molecule has 1 N–H and O–H groups in total. The zero-order chi connectivity index (χ0) is 18.8. The topological polar surface area (TPSA) is 77.2 Å². The predicted molar refractivity (Wildman–Crippen MR) is 101 cm³/mol. The van der Waals surface area contributed by atoms with Crippen LogP contribution in [0.4, 0.5) is 5.13 Å². The summed E-state index contributed by atoms with van der Waals surface area (Å²) in [6.45, 7) is 9.87. The summed E-state index contributed by atoms with van der Waals surface area (Å²) in [5.74, 6) is 0.960. The molecule has 3 aromatic rings. The molecule has 3 rings (SSSR count). The normalized spacial score (nSPS) is 10.8. The highest BCUT2D eigenvalue weighted by molar-refractivity contribution is 7.15. The van der Waals surface area contributed by atoms with Crippen molar-refractivity contribution >= 4 is 22.4 Å². The molecule has 0 fully saturated rings. The van der Waals surface area contributed by atoms with Crippen molar-refractivity contribution in [1.82, 2.24) is 10.1 Å². The van der Waals surface area contributed by atoms with E-state index in [1.165, 1.54) is 11.3 Å². The Morgan fingerprint density at radius 2 is 1.85 bits per heavy atom. The third-order valence-corrected chi connectivity index (χ3v) is 5.02. The van der Waals surface area contributed by atoms with Crippen LogP contribution in [0.2, 0.25) is 0 Å². The van der Waals surface area contributed by atoms with E-state index in [1.54, 1.807) is 6.92 Å². The second-order valence-corrected chi connectivity index (χ2v) is 7.50. The lowest BCUT2D eigenvalue weighted by Crippen LogP contribution is -2.15. The van der Waals surface area contributed by atoms with E-state index in [0.29, 0.717) is 16.5 Å². The summed E-state index contributed by atoms with van der Waals surface area (Å²) in [4.78, 5) is 18.0. The van der Waals surface area contributed by atoms with Crippen molar-refractivity contribution < 1.29 is 14.1 Å². The Morgan fingerprint density at radius 3 is 2.46 bits per heavy atom. The van der Waals surface area contributed by atoms with Crippen LogP contribution in [-0.4, -0.2) is 16.0 Å². The average molecular weight is 371 g/mol. The van der Waals surface area contributed by atoms with Gasteiger partial charge in [0.15, 0.2) is 10.8 Å². The molecule has 0 spiro atoms. The molecule has 26 heavy (non-hydrogen) atoms. The highest BCUT2D eigenvalue weighted by Gasteiger charge is 2.21. The molecule has 2 heterocycles. The summed E-state index contributed by atoms with van der Waals surface area (Å²) in [5, 5.41) is 7.23. The van der Waals surface area contributed by atoms with E-state index in [0.717, 1.165) is 27.4 Å². The van der Waals surface area contributed by atoms with E-state index in [-0.39, 0.29) is 18.2 Å². The molecule has 0 atom stereocenters. The first-order valence-electron chi connectivity index (χ1n) is 8.25. The molecule has 0 aliphatic rings. The van der Waals surface area contributed by atoms with Crippen molar-refractivity contribution in [1.29, 1.82) is 0 Å². The van der Waals surface area contributed by atoms with E-state index in [4.69, 9.17) is 9.26 Å². The molecule has 0 unspecified atom stereocenters. The van der Waals surface area contributed by atoms with Gasteiger partial charge in [-0.2, -0.15) is 0 Å². The molecule has 136 valence electrons. The minimum absolute atomic E-state index is 0.205. The number of anilines is 1. The van der Waals surface area contributed by atoms with Gasteiger partial charge in [0.2, 0.25) is 0 Å². The first-order chi connectivity index (χ1) is 12.3. The van der Waals surface area contributed by atoms with Crippen molar-refractivity contribution in [3.05, 3.63) is 56.9 Å². The Balaban J connectivity index is 1.76. The van der Waals surface area contributed by atoms with Gasteiger partial charge in [-0.25, -0.2) is 4.98 Å². The summed E-state index contributed by atoms with van der Waals surface area (Å²) in [6, 6.07) is 5.99. The number of nitrogens with zero attached hydrogens (tertiary/aromatic N) is 2. The molecule has 1 aromatic carbocycles. The Kier molecular flexibility index (Phi) is 5.08. The second-order valence-electron chi connectivity index (χ2n) is 6.29. The van der Waals surface area contributed by atoms with Crippen molar-refractivity contribution in [3.63, 3.8) is 0 Å². The fourth-order valence-electron chi connectivity index (χ4n) is 2.59. The molecule has 1 amide bonds. The fourth-order valence-corrected chi connectivity index (χ4v) is 3.40. The minimum atomic E-state index is -0.352. The minimum Gasteiger partial charge on any atom is -0.489 e. The first-order valence-corrected chi connectivity index (χ1v) is 9.06. The van der Waals surface area contributed by atoms with Crippen LogP contribution in [0.15, 0.2) is 22.7 Å². The Bertz CT molecular complexity index is 919. The maximum atomic E-state index is 12.6. The highest BCUT2D eigenvalue weighted by atomic mass is 32.1. The third kappa shape index (κ3) is 3.94. The number of carbonyl (C=O) groups excluding carboxylic acids is 1. The fraction of sp³-hybridized carbons (Fsp3) is 0.316. The van der Waals surface area contributed by atoms with E-state index >= 15 is 0 Å². The number of hydrogen-bond acceptors (Lipinski definition) is 6. The van der Waals surface area contributed by atoms with E-state index in [1.807, 2.05) is 39.8 Å². The number of nitrogens with one attached hydrogen (secondary N) is 1. The van der Waals surface area contributed by atoms with Crippen LogP contribution in [-0.2, 0) is 6.61 Å². The largest absolute Gasteiger partial charge is 0.489 e. The van der Waals surface area contributed by atoms with Gasteiger partial charge in [0.05, 0.1) is 11.3 Å². The Labute approximate surface area is 156 Å². The molecular formula is C19H21N3O3S.